The standard InChI is InChI=1S/C28H36ClN3O5S/c1-4-26(28(35)30-24-10-6-5-7-11-24)31(18-21-13-15-23(29)16-14-21)27(34)19-32(38(3,36)37)25-12-8-9-22(17-25)20(2)33/h8-9,12-17,24,26H,4-7,10-11,18-19H2,1-3H3,(H,30,35). The number of hydrogen-bond acceptors (Lipinski definition) is 5. The lowest BCUT2D eigenvalue weighted by Gasteiger charge is -2.34. The third-order valence-electron chi connectivity index (χ3n) is 6.82. The zero-order valence-electron chi connectivity index (χ0n) is 22.2. The summed E-state index contributed by atoms with van der Waals surface area (Å²) in [6.45, 7) is 2.82. The normalized spacial score (nSPS) is 14.9. The first kappa shape index (κ1) is 29.6. The number of Topliss-reactive ketones (excluding diaryl/α,β-unsaturated/α-hetero) is 1. The van der Waals surface area contributed by atoms with Crippen LogP contribution in [0.15, 0.2) is 48.5 Å². The van der Waals surface area contributed by atoms with E-state index in [2.05, 4.69) is 5.32 Å². The number of rotatable bonds is 11. The smallest absolute Gasteiger partial charge is 0.244 e. The molecule has 2 aromatic carbocycles. The quantitative estimate of drug-likeness (QED) is 0.405. The van der Waals surface area contributed by atoms with E-state index < -0.39 is 28.5 Å². The molecule has 38 heavy (non-hydrogen) atoms. The lowest BCUT2D eigenvalue weighted by molar-refractivity contribution is -0.140. The Hall–Kier alpha value is -2.91. The predicted octanol–water partition coefficient (Wildman–Crippen LogP) is 4.56. The zero-order chi connectivity index (χ0) is 27.9. The number of carbonyl (C=O) groups is 3. The fourth-order valence-electron chi connectivity index (χ4n) is 4.74. The lowest BCUT2D eigenvalue weighted by atomic mass is 9.95. The molecule has 206 valence electrons. The Morgan fingerprint density at radius 2 is 1.71 bits per heavy atom. The van der Waals surface area contributed by atoms with Crippen molar-refractivity contribution < 1.29 is 22.8 Å². The topological polar surface area (TPSA) is 104 Å². The van der Waals surface area contributed by atoms with Crippen molar-refractivity contribution in [2.24, 2.45) is 0 Å². The van der Waals surface area contributed by atoms with Crippen LogP contribution in [0, 0.1) is 0 Å². The van der Waals surface area contributed by atoms with Gasteiger partial charge in [-0.1, -0.05) is 62.1 Å². The van der Waals surface area contributed by atoms with Crippen LogP contribution in [0.3, 0.4) is 0 Å². The molecule has 0 heterocycles. The van der Waals surface area contributed by atoms with Gasteiger partial charge in [0.15, 0.2) is 5.78 Å². The number of hydrogen-bond donors (Lipinski definition) is 1. The monoisotopic (exact) mass is 561 g/mol. The van der Waals surface area contributed by atoms with Gasteiger partial charge in [0, 0.05) is 23.2 Å². The first-order valence-electron chi connectivity index (χ1n) is 12.9. The van der Waals surface area contributed by atoms with Crippen molar-refractivity contribution in [3.05, 3.63) is 64.7 Å². The van der Waals surface area contributed by atoms with Gasteiger partial charge in [0.1, 0.15) is 12.6 Å². The molecular formula is C28H36ClN3O5S. The second kappa shape index (κ2) is 13.2. The van der Waals surface area contributed by atoms with Crippen molar-refractivity contribution in [1.82, 2.24) is 10.2 Å². The maximum Gasteiger partial charge on any atom is 0.244 e. The van der Waals surface area contributed by atoms with Crippen LogP contribution >= 0.6 is 11.6 Å². The van der Waals surface area contributed by atoms with Gasteiger partial charge in [-0.05, 0) is 56.0 Å². The first-order chi connectivity index (χ1) is 18.0. The minimum atomic E-state index is -3.89. The summed E-state index contributed by atoms with van der Waals surface area (Å²) in [5, 5.41) is 3.66. The van der Waals surface area contributed by atoms with Crippen LogP contribution in [0.25, 0.3) is 0 Å². The summed E-state index contributed by atoms with van der Waals surface area (Å²) in [4.78, 5) is 40.6. The minimum absolute atomic E-state index is 0.0691. The van der Waals surface area contributed by atoms with Gasteiger partial charge in [-0.2, -0.15) is 0 Å². The van der Waals surface area contributed by atoms with E-state index in [1.807, 2.05) is 6.92 Å². The minimum Gasteiger partial charge on any atom is -0.352 e. The molecule has 0 aliphatic heterocycles. The zero-order valence-corrected chi connectivity index (χ0v) is 23.7. The fraction of sp³-hybridized carbons (Fsp3) is 0.464. The molecule has 1 aliphatic rings. The molecule has 10 heteroatoms. The van der Waals surface area contributed by atoms with Gasteiger partial charge < -0.3 is 10.2 Å². The van der Waals surface area contributed by atoms with Crippen LogP contribution in [-0.4, -0.2) is 55.8 Å². The third kappa shape index (κ3) is 8.04. The Labute approximate surface area is 230 Å². The van der Waals surface area contributed by atoms with Gasteiger partial charge in [0.2, 0.25) is 21.8 Å². The van der Waals surface area contributed by atoms with Crippen molar-refractivity contribution >= 4 is 44.9 Å². The second-order valence-electron chi connectivity index (χ2n) is 9.79. The highest BCUT2D eigenvalue weighted by molar-refractivity contribution is 7.92. The van der Waals surface area contributed by atoms with Crippen LogP contribution in [0.2, 0.25) is 5.02 Å². The van der Waals surface area contributed by atoms with Gasteiger partial charge in [-0.25, -0.2) is 8.42 Å². The van der Waals surface area contributed by atoms with Crippen LogP contribution in [-0.2, 0) is 26.2 Å². The fourth-order valence-corrected chi connectivity index (χ4v) is 5.71. The molecule has 1 fully saturated rings. The van der Waals surface area contributed by atoms with Gasteiger partial charge in [-0.15, -0.1) is 0 Å². The van der Waals surface area contributed by atoms with Gasteiger partial charge in [-0.3, -0.25) is 18.7 Å². The molecule has 0 aromatic heterocycles. The summed E-state index contributed by atoms with van der Waals surface area (Å²) < 4.78 is 26.5. The first-order valence-corrected chi connectivity index (χ1v) is 15.1. The van der Waals surface area contributed by atoms with Gasteiger partial charge in [0.05, 0.1) is 11.9 Å². The lowest BCUT2D eigenvalue weighted by Crippen LogP contribution is -2.53. The number of sulfonamides is 1. The molecule has 0 saturated heterocycles. The molecule has 2 amide bonds. The van der Waals surface area contributed by atoms with Gasteiger partial charge >= 0.3 is 0 Å². The molecule has 1 saturated carbocycles. The average Bonchev–Trinajstić information content (AvgIpc) is 2.88. The summed E-state index contributed by atoms with van der Waals surface area (Å²) in [5.74, 6) is -0.989. The molecule has 1 N–H and O–H groups in total. The van der Waals surface area contributed by atoms with E-state index in [1.165, 1.54) is 24.0 Å². The van der Waals surface area contributed by atoms with Crippen LogP contribution in [0.4, 0.5) is 5.69 Å². The second-order valence-corrected chi connectivity index (χ2v) is 12.1. The van der Waals surface area contributed by atoms with E-state index in [0.29, 0.717) is 17.0 Å². The molecule has 3 rings (SSSR count). The highest BCUT2D eigenvalue weighted by Gasteiger charge is 2.33. The summed E-state index contributed by atoms with van der Waals surface area (Å²) in [6, 6.07) is 12.4. The molecule has 2 aromatic rings. The Morgan fingerprint density at radius 3 is 2.29 bits per heavy atom. The number of halogens is 1. The van der Waals surface area contributed by atoms with Crippen molar-refractivity contribution in [3.8, 4) is 0 Å². The summed E-state index contributed by atoms with van der Waals surface area (Å²) >= 11 is 6.04. The van der Waals surface area contributed by atoms with Crippen LogP contribution in [0.1, 0.15) is 68.3 Å². The van der Waals surface area contributed by atoms with Crippen molar-refractivity contribution in [1.29, 1.82) is 0 Å². The number of anilines is 1. The molecule has 0 spiro atoms. The molecule has 0 bridgehead atoms. The van der Waals surface area contributed by atoms with E-state index in [-0.39, 0.29) is 30.0 Å². The summed E-state index contributed by atoms with van der Waals surface area (Å²) in [6.07, 6.45) is 6.43. The molecule has 1 atom stereocenters. The van der Waals surface area contributed by atoms with E-state index in [4.69, 9.17) is 11.6 Å². The largest absolute Gasteiger partial charge is 0.352 e. The Bertz CT molecular complexity index is 1240. The van der Waals surface area contributed by atoms with E-state index >= 15 is 0 Å². The number of amides is 2. The van der Waals surface area contributed by atoms with Crippen molar-refractivity contribution in [2.45, 2.75) is 71.0 Å². The summed E-state index contributed by atoms with van der Waals surface area (Å²) in [7, 11) is -3.89. The number of nitrogens with one attached hydrogen (secondary N) is 1. The van der Waals surface area contributed by atoms with Gasteiger partial charge in [0.25, 0.3) is 0 Å². The summed E-state index contributed by atoms with van der Waals surface area (Å²) in [5.41, 5.74) is 1.30. The van der Waals surface area contributed by atoms with E-state index in [0.717, 1.165) is 48.2 Å². The molecule has 1 unspecified atom stereocenters. The average molecular weight is 562 g/mol. The number of benzene rings is 2. The molecule has 1 aliphatic carbocycles. The Balaban J connectivity index is 1.93. The molecule has 8 nitrogen and oxygen atoms in total. The predicted molar refractivity (Wildman–Crippen MR) is 150 cm³/mol. The highest BCUT2D eigenvalue weighted by Crippen LogP contribution is 2.23. The molecular weight excluding hydrogens is 526 g/mol. The van der Waals surface area contributed by atoms with Crippen LogP contribution in [0.5, 0.6) is 0 Å². The number of carbonyl (C=O) groups excluding carboxylic acids is 3. The van der Waals surface area contributed by atoms with Crippen molar-refractivity contribution in [3.63, 3.8) is 0 Å². The Kier molecular flexibility index (Phi) is 10.3. The van der Waals surface area contributed by atoms with Crippen LogP contribution < -0.4 is 9.62 Å². The SMILES string of the molecule is CCC(C(=O)NC1CCCCC1)N(Cc1ccc(Cl)cc1)C(=O)CN(c1cccc(C(C)=O)c1)S(C)(=O)=O. The number of nitrogens with zero attached hydrogens (tertiary/aromatic N) is 2. The third-order valence-corrected chi connectivity index (χ3v) is 8.22. The number of ketones is 1. The Morgan fingerprint density at radius 1 is 1.05 bits per heavy atom. The maximum absolute atomic E-state index is 13.8. The maximum atomic E-state index is 13.8. The highest BCUT2D eigenvalue weighted by atomic mass is 35.5. The van der Waals surface area contributed by atoms with E-state index in [9.17, 15) is 22.8 Å². The van der Waals surface area contributed by atoms with Crippen molar-refractivity contribution in [2.75, 3.05) is 17.1 Å². The van der Waals surface area contributed by atoms with E-state index in [1.54, 1.807) is 36.4 Å². The molecule has 0 radical (unpaired) electrons.